The highest BCUT2D eigenvalue weighted by molar-refractivity contribution is 5.65. The van der Waals surface area contributed by atoms with Crippen LogP contribution in [0.5, 0.6) is 0 Å². The molecule has 1 aliphatic rings. The lowest BCUT2D eigenvalue weighted by Crippen LogP contribution is -2.29. The number of hydrogen-bond donors (Lipinski definition) is 1. The molecule has 1 aromatic carbocycles. The van der Waals surface area contributed by atoms with Crippen molar-refractivity contribution in [2.75, 3.05) is 11.4 Å². The van der Waals surface area contributed by atoms with Crippen LogP contribution in [0.1, 0.15) is 18.4 Å². The summed E-state index contributed by atoms with van der Waals surface area (Å²) in [6, 6.07) is 8.29. The van der Waals surface area contributed by atoms with Crippen molar-refractivity contribution in [2.24, 2.45) is 0 Å². The highest BCUT2D eigenvalue weighted by Crippen LogP contribution is 2.31. The number of rotatable bonds is 2. The lowest BCUT2D eigenvalue weighted by atomic mass is 10.2. The molecule has 0 saturated heterocycles. The van der Waals surface area contributed by atoms with Crippen molar-refractivity contribution in [1.82, 2.24) is 9.55 Å². The van der Waals surface area contributed by atoms with Gasteiger partial charge in [-0.2, -0.15) is 0 Å². The third-order valence-corrected chi connectivity index (χ3v) is 3.19. The summed E-state index contributed by atoms with van der Waals surface area (Å²) in [7, 11) is 0. The molecule has 0 spiro atoms. The van der Waals surface area contributed by atoms with E-state index in [1.165, 1.54) is 5.69 Å². The minimum absolute atomic E-state index is 0.00566. The predicted octanol–water partition coefficient (Wildman–Crippen LogP) is 1.70. The first-order chi connectivity index (χ1) is 8.33. The molecule has 0 aliphatic carbocycles. The second-order valence-electron chi connectivity index (χ2n) is 4.18. The minimum Gasteiger partial charge on any atom is -0.390 e. The van der Waals surface area contributed by atoms with Gasteiger partial charge in [0.1, 0.15) is 5.82 Å². The zero-order valence-corrected chi connectivity index (χ0v) is 9.80. The number of anilines is 1. The molecule has 0 amide bonds. The van der Waals surface area contributed by atoms with Crippen molar-refractivity contribution >= 4 is 5.69 Å². The summed E-state index contributed by atoms with van der Waals surface area (Å²) in [5.41, 5.74) is 3.10. The number of para-hydroxylation sites is 2. The monoisotopic (exact) mass is 229 g/mol. The molecule has 2 aromatic rings. The summed E-state index contributed by atoms with van der Waals surface area (Å²) >= 11 is 0. The van der Waals surface area contributed by atoms with Gasteiger partial charge in [0.15, 0.2) is 0 Å². The number of aliphatic hydroxyl groups is 1. The Hall–Kier alpha value is -1.81. The summed E-state index contributed by atoms with van der Waals surface area (Å²) in [6.07, 6.45) is 1.92. The first-order valence-electron chi connectivity index (χ1n) is 5.86. The largest absolute Gasteiger partial charge is 0.390 e. The molecule has 4 heteroatoms. The molecule has 3 rings (SSSR count). The molecule has 4 nitrogen and oxygen atoms in total. The molecule has 1 aromatic heterocycles. The molecule has 1 N–H and O–H groups in total. The van der Waals surface area contributed by atoms with E-state index in [4.69, 9.17) is 5.11 Å². The Morgan fingerprint density at radius 3 is 2.76 bits per heavy atom. The second-order valence-corrected chi connectivity index (χ2v) is 4.18. The quantitative estimate of drug-likeness (QED) is 0.852. The minimum atomic E-state index is -0.00566. The average molecular weight is 229 g/mol. The highest BCUT2D eigenvalue weighted by Gasteiger charge is 2.21. The number of benzene rings is 1. The number of hydrogen-bond acceptors (Lipinski definition) is 3. The first-order valence-corrected chi connectivity index (χ1v) is 5.86. The van der Waals surface area contributed by atoms with Crippen LogP contribution in [0.2, 0.25) is 0 Å². The van der Waals surface area contributed by atoms with E-state index in [2.05, 4.69) is 39.6 Å². The molecule has 17 heavy (non-hydrogen) atoms. The van der Waals surface area contributed by atoms with Gasteiger partial charge in [-0.05, 0) is 19.1 Å². The maximum absolute atomic E-state index is 9.17. The van der Waals surface area contributed by atoms with Crippen LogP contribution in [0.3, 0.4) is 0 Å². The van der Waals surface area contributed by atoms with Gasteiger partial charge in [-0.15, -0.1) is 0 Å². The van der Waals surface area contributed by atoms with E-state index >= 15 is 0 Å². The third-order valence-electron chi connectivity index (χ3n) is 3.19. The summed E-state index contributed by atoms with van der Waals surface area (Å²) < 4.78 is 2.08. The normalized spacial score (nSPS) is 13.4. The van der Waals surface area contributed by atoms with Crippen LogP contribution < -0.4 is 4.90 Å². The number of fused-ring (bicyclic) bond motifs is 3. The Kier molecular flexibility index (Phi) is 2.37. The molecular weight excluding hydrogens is 214 g/mol. The molecule has 0 bridgehead atoms. The SMILES string of the molecule is CCN1Cc2nc(CO)cn2-c2ccccc21. The standard InChI is InChI=1S/C13H15N3O/c1-2-15-8-13-14-10(9-17)7-16(13)12-6-4-3-5-11(12)15/h3-7,17H,2,8-9H2,1H3. The second kappa shape index (κ2) is 3.89. The topological polar surface area (TPSA) is 41.3 Å². The van der Waals surface area contributed by atoms with Crippen LogP contribution >= 0.6 is 0 Å². The van der Waals surface area contributed by atoms with E-state index in [0.29, 0.717) is 0 Å². The van der Waals surface area contributed by atoms with Crippen LogP contribution in [0.25, 0.3) is 5.69 Å². The van der Waals surface area contributed by atoms with Gasteiger partial charge in [0.05, 0.1) is 30.2 Å². The van der Waals surface area contributed by atoms with Crippen molar-refractivity contribution in [2.45, 2.75) is 20.1 Å². The third kappa shape index (κ3) is 1.52. The number of nitrogens with zero attached hydrogens (tertiary/aromatic N) is 3. The Labute approximate surface area is 100 Å². The molecule has 0 atom stereocenters. The maximum Gasteiger partial charge on any atom is 0.133 e. The summed E-state index contributed by atoms with van der Waals surface area (Å²) in [4.78, 5) is 6.73. The zero-order valence-electron chi connectivity index (χ0n) is 9.80. The molecule has 0 fully saturated rings. The molecular formula is C13H15N3O. The van der Waals surface area contributed by atoms with Crippen LogP contribution in [-0.4, -0.2) is 21.2 Å². The zero-order chi connectivity index (χ0) is 11.8. The predicted molar refractivity (Wildman–Crippen MR) is 66.2 cm³/mol. The van der Waals surface area contributed by atoms with Crippen LogP contribution in [0, 0.1) is 0 Å². The van der Waals surface area contributed by atoms with E-state index in [1.54, 1.807) is 0 Å². The fraction of sp³-hybridized carbons (Fsp3) is 0.308. The molecule has 0 unspecified atom stereocenters. The van der Waals surface area contributed by atoms with E-state index in [-0.39, 0.29) is 6.61 Å². The van der Waals surface area contributed by atoms with Crippen LogP contribution in [-0.2, 0) is 13.2 Å². The van der Waals surface area contributed by atoms with Gasteiger partial charge in [-0.25, -0.2) is 4.98 Å². The molecule has 0 radical (unpaired) electrons. The number of aromatic nitrogens is 2. The number of aliphatic hydroxyl groups excluding tert-OH is 1. The Bertz CT molecular complexity index is 547. The lowest BCUT2D eigenvalue weighted by Gasteiger charge is -2.30. The van der Waals surface area contributed by atoms with Gasteiger partial charge in [-0.3, -0.25) is 4.57 Å². The van der Waals surface area contributed by atoms with Crippen LogP contribution in [0.4, 0.5) is 5.69 Å². The van der Waals surface area contributed by atoms with Gasteiger partial charge in [0.25, 0.3) is 0 Å². The van der Waals surface area contributed by atoms with Crippen molar-refractivity contribution in [1.29, 1.82) is 0 Å². The van der Waals surface area contributed by atoms with Gasteiger partial charge in [0, 0.05) is 12.7 Å². The van der Waals surface area contributed by atoms with Gasteiger partial charge < -0.3 is 10.0 Å². The number of imidazole rings is 1. The van der Waals surface area contributed by atoms with Crippen molar-refractivity contribution in [3.05, 3.63) is 42.0 Å². The van der Waals surface area contributed by atoms with Crippen LogP contribution in [0.15, 0.2) is 30.5 Å². The Morgan fingerprint density at radius 2 is 2.06 bits per heavy atom. The van der Waals surface area contributed by atoms with Crippen molar-refractivity contribution in [3.63, 3.8) is 0 Å². The summed E-state index contributed by atoms with van der Waals surface area (Å²) in [5.74, 6) is 0.995. The van der Waals surface area contributed by atoms with E-state index < -0.39 is 0 Å². The van der Waals surface area contributed by atoms with Crippen molar-refractivity contribution < 1.29 is 5.11 Å². The average Bonchev–Trinajstić information content (AvgIpc) is 2.81. The molecule has 1 aliphatic heterocycles. The van der Waals surface area contributed by atoms with Gasteiger partial charge >= 0.3 is 0 Å². The Balaban J connectivity index is 2.18. The lowest BCUT2D eigenvalue weighted by molar-refractivity contribution is 0.277. The summed E-state index contributed by atoms with van der Waals surface area (Å²) in [6.45, 7) is 3.89. The summed E-state index contributed by atoms with van der Waals surface area (Å²) in [5, 5.41) is 9.17. The van der Waals surface area contributed by atoms with E-state index in [9.17, 15) is 0 Å². The fourth-order valence-corrected chi connectivity index (χ4v) is 2.34. The van der Waals surface area contributed by atoms with E-state index in [0.717, 1.165) is 30.3 Å². The smallest absolute Gasteiger partial charge is 0.133 e. The Morgan fingerprint density at radius 1 is 1.29 bits per heavy atom. The fourth-order valence-electron chi connectivity index (χ4n) is 2.34. The van der Waals surface area contributed by atoms with E-state index in [1.807, 2.05) is 12.3 Å². The molecule has 88 valence electrons. The van der Waals surface area contributed by atoms with Crippen molar-refractivity contribution in [3.8, 4) is 5.69 Å². The van der Waals surface area contributed by atoms with Gasteiger partial charge in [-0.1, -0.05) is 12.1 Å². The molecule has 0 saturated carbocycles. The first kappa shape index (κ1) is 10.4. The highest BCUT2D eigenvalue weighted by atomic mass is 16.3. The van der Waals surface area contributed by atoms with Gasteiger partial charge in [0.2, 0.25) is 0 Å². The maximum atomic E-state index is 9.17. The molecule has 2 heterocycles.